The first kappa shape index (κ1) is 13.7. The molecule has 2 rings (SSSR count). The summed E-state index contributed by atoms with van der Waals surface area (Å²) < 4.78 is 12.8. The number of benzene rings is 1. The van der Waals surface area contributed by atoms with E-state index >= 15 is 0 Å². The molecule has 0 saturated carbocycles. The number of nitrogens with zero attached hydrogens (tertiary/aromatic N) is 2. The minimum Gasteiger partial charge on any atom is -0.325 e. The number of carbonyl (C=O) groups is 1. The summed E-state index contributed by atoms with van der Waals surface area (Å²) in [7, 11) is 0. The Morgan fingerprint density at radius 3 is 2.65 bits per heavy atom. The van der Waals surface area contributed by atoms with Crippen molar-refractivity contribution in [3.63, 3.8) is 0 Å². The van der Waals surface area contributed by atoms with Crippen LogP contribution in [-0.2, 0) is 11.2 Å². The second kappa shape index (κ2) is 6.43. The molecule has 0 bridgehead atoms. The van der Waals surface area contributed by atoms with Gasteiger partial charge in [-0.3, -0.25) is 9.78 Å². The summed E-state index contributed by atoms with van der Waals surface area (Å²) in [6, 6.07) is 12.7. The number of pyridine rings is 1. The first-order valence-corrected chi connectivity index (χ1v) is 6.05. The second-order valence-electron chi connectivity index (χ2n) is 4.20. The minimum absolute atomic E-state index is 0.240. The van der Waals surface area contributed by atoms with Crippen LogP contribution in [0.4, 0.5) is 10.1 Å². The van der Waals surface area contributed by atoms with Crippen molar-refractivity contribution >= 4 is 11.6 Å². The van der Waals surface area contributed by atoms with Crippen LogP contribution >= 0.6 is 0 Å². The number of hydrogen-bond acceptors (Lipinski definition) is 3. The van der Waals surface area contributed by atoms with Gasteiger partial charge in [-0.15, -0.1) is 0 Å². The molecule has 20 heavy (non-hydrogen) atoms. The Hall–Kier alpha value is -2.74. The fourth-order valence-electron chi connectivity index (χ4n) is 1.69. The van der Waals surface area contributed by atoms with Crippen LogP contribution in [0.25, 0.3) is 0 Å². The van der Waals surface area contributed by atoms with Gasteiger partial charge in [0.05, 0.1) is 6.07 Å². The molecule has 0 spiro atoms. The maximum absolute atomic E-state index is 12.8. The Morgan fingerprint density at radius 2 is 2.05 bits per heavy atom. The third-order valence-corrected chi connectivity index (χ3v) is 2.72. The van der Waals surface area contributed by atoms with Gasteiger partial charge in [0, 0.05) is 24.0 Å². The molecule has 1 unspecified atom stereocenters. The fraction of sp³-hybridized carbons (Fsp3) is 0.133. The summed E-state index contributed by atoms with van der Waals surface area (Å²) in [4.78, 5) is 16.1. The first-order valence-electron chi connectivity index (χ1n) is 6.05. The number of amides is 1. The van der Waals surface area contributed by atoms with E-state index in [4.69, 9.17) is 5.26 Å². The number of nitriles is 1. The zero-order valence-electron chi connectivity index (χ0n) is 10.6. The van der Waals surface area contributed by atoms with Crippen molar-refractivity contribution in [3.05, 3.63) is 60.2 Å². The van der Waals surface area contributed by atoms with Gasteiger partial charge in [-0.1, -0.05) is 6.07 Å². The maximum Gasteiger partial charge on any atom is 0.242 e. The highest BCUT2D eigenvalue weighted by molar-refractivity contribution is 5.94. The standard InChI is InChI=1S/C15H12FN3O/c16-12-4-6-13(7-5-12)19-15(20)11(10-17)9-14-3-1-2-8-18-14/h1-8,11H,9H2,(H,19,20). The van der Waals surface area contributed by atoms with Gasteiger partial charge in [0.1, 0.15) is 11.7 Å². The third kappa shape index (κ3) is 3.62. The van der Waals surface area contributed by atoms with Crippen LogP contribution in [0, 0.1) is 23.1 Å². The van der Waals surface area contributed by atoms with Crippen LogP contribution in [0.3, 0.4) is 0 Å². The van der Waals surface area contributed by atoms with Crippen LogP contribution < -0.4 is 5.32 Å². The molecular formula is C15H12FN3O. The Labute approximate surface area is 115 Å². The molecule has 100 valence electrons. The largest absolute Gasteiger partial charge is 0.325 e. The van der Waals surface area contributed by atoms with Crippen molar-refractivity contribution in [3.8, 4) is 6.07 Å². The van der Waals surface area contributed by atoms with E-state index in [0.717, 1.165) is 0 Å². The number of anilines is 1. The van der Waals surface area contributed by atoms with Gasteiger partial charge in [0.2, 0.25) is 5.91 Å². The van der Waals surface area contributed by atoms with E-state index in [-0.39, 0.29) is 12.2 Å². The molecule has 2 aromatic rings. The predicted molar refractivity (Wildman–Crippen MR) is 72.1 cm³/mol. The highest BCUT2D eigenvalue weighted by Crippen LogP contribution is 2.12. The van der Waals surface area contributed by atoms with Crippen molar-refractivity contribution in [2.75, 3.05) is 5.32 Å². The molecule has 4 nitrogen and oxygen atoms in total. The van der Waals surface area contributed by atoms with E-state index in [2.05, 4.69) is 10.3 Å². The summed E-state index contributed by atoms with van der Waals surface area (Å²) in [5, 5.41) is 11.7. The summed E-state index contributed by atoms with van der Waals surface area (Å²) >= 11 is 0. The quantitative estimate of drug-likeness (QED) is 0.927. The SMILES string of the molecule is N#CC(Cc1ccccn1)C(=O)Nc1ccc(F)cc1. The monoisotopic (exact) mass is 269 g/mol. The number of carbonyl (C=O) groups excluding carboxylic acids is 1. The number of hydrogen-bond donors (Lipinski definition) is 1. The number of nitrogens with one attached hydrogen (secondary N) is 1. The molecule has 1 N–H and O–H groups in total. The lowest BCUT2D eigenvalue weighted by Crippen LogP contribution is -2.23. The summed E-state index contributed by atoms with van der Waals surface area (Å²) in [5.74, 6) is -1.65. The first-order chi connectivity index (χ1) is 9.69. The fourth-order valence-corrected chi connectivity index (χ4v) is 1.69. The van der Waals surface area contributed by atoms with Crippen LogP contribution in [0.1, 0.15) is 5.69 Å². The molecule has 1 aromatic carbocycles. The van der Waals surface area contributed by atoms with E-state index in [9.17, 15) is 9.18 Å². The molecule has 1 aromatic heterocycles. The Morgan fingerprint density at radius 1 is 1.30 bits per heavy atom. The lowest BCUT2D eigenvalue weighted by Gasteiger charge is -2.09. The molecule has 1 heterocycles. The molecule has 0 aliphatic rings. The molecule has 5 heteroatoms. The van der Waals surface area contributed by atoms with Gasteiger partial charge in [-0.05, 0) is 36.4 Å². The summed E-state index contributed by atoms with van der Waals surface area (Å²) in [6.07, 6.45) is 1.85. The molecule has 1 amide bonds. The van der Waals surface area contributed by atoms with Gasteiger partial charge in [0.25, 0.3) is 0 Å². The van der Waals surface area contributed by atoms with E-state index in [1.165, 1.54) is 24.3 Å². The van der Waals surface area contributed by atoms with Gasteiger partial charge in [-0.2, -0.15) is 5.26 Å². The molecule has 1 atom stereocenters. The van der Waals surface area contributed by atoms with Gasteiger partial charge in [0.15, 0.2) is 0 Å². The van der Waals surface area contributed by atoms with Crippen molar-refractivity contribution in [2.24, 2.45) is 5.92 Å². The van der Waals surface area contributed by atoms with Gasteiger partial charge < -0.3 is 5.32 Å². The predicted octanol–water partition coefficient (Wildman–Crippen LogP) is 2.54. The molecular weight excluding hydrogens is 257 g/mol. The molecule has 0 aliphatic heterocycles. The van der Waals surface area contributed by atoms with E-state index < -0.39 is 11.8 Å². The van der Waals surface area contributed by atoms with E-state index in [0.29, 0.717) is 11.4 Å². The topological polar surface area (TPSA) is 65.8 Å². The maximum atomic E-state index is 12.8. The van der Waals surface area contributed by atoms with Crippen molar-refractivity contribution < 1.29 is 9.18 Å². The van der Waals surface area contributed by atoms with E-state index in [1.54, 1.807) is 24.4 Å². The molecule has 0 fully saturated rings. The van der Waals surface area contributed by atoms with E-state index in [1.807, 2.05) is 6.07 Å². The third-order valence-electron chi connectivity index (χ3n) is 2.72. The normalized spacial score (nSPS) is 11.4. The Bertz CT molecular complexity index is 620. The number of rotatable bonds is 4. The van der Waals surface area contributed by atoms with Crippen LogP contribution in [0.2, 0.25) is 0 Å². The number of aromatic nitrogens is 1. The molecule has 0 aliphatic carbocycles. The average Bonchev–Trinajstić information content (AvgIpc) is 2.48. The van der Waals surface area contributed by atoms with Gasteiger partial charge >= 0.3 is 0 Å². The lowest BCUT2D eigenvalue weighted by molar-refractivity contribution is -0.118. The molecule has 0 saturated heterocycles. The molecule has 0 radical (unpaired) electrons. The number of halogens is 1. The van der Waals surface area contributed by atoms with Crippen molar-refractivity contribution in [1.29, 1.82) is 5.26 Å². The zero-order chi connectivity index (χ0) is 14.4. The van der Waals surface area contributed by atoms with Crippen LogP contribution in [0.15, 0.2) is 48.7 Å². The second-order valence-corrected chi connectivity index (χ2v) is 4.20. The average molecular weight is 269 g/mol. The lowest BCUT2D eigenvalue weighted by atomic mass is 10.0. The van der Waals surface area contributed by atoms with Crippen molar-refractivity contribution in [2.45, 2.75) is 6.42 Å². The Kier molecular flexibility index (Phi) is 4.40. The minimum atomic E-state index is -0.838. The Balaban J connectivity index is 2.03. The zero-order valence-corrected chi connectivity index (χ0v) is 10.6. The highest BCUT2D eigenvalue weighted by atomic mass is 19.1. The van der Waals surface area contributed by atoms with Crippen LogP contribution in [0.5, 0.6) is 0 Å². The van der Waals surface area contributed by atoms with Gasteiger partial charge in [-0.25, -0.2) is 4.39 Å². The smallest absolute Gasteiger partial charge is 0.242 e. The van der Waals surface area contributed by atoms with Crippen molar-refractivity contribution in [1.82, 2.24) is 4.98 Å². The van der Waals surface area contributed by atoms with Crippen LogP contribution in [-0.4, -0.2) is 10.9 Å². The summed E-state index contributed by atoms with van der Waals surface area (Å²) in [5.41, 5.74) is 1.13. The highest BCUT2D eigenvalue weighted by Gasteiger charge is 2.19. The summed E-state index contributed by atoms with van der Waals surface area (Å²) in [6.45, 7) is 0.